The van der Waals surface area contributed by atoms with Crippen molar-refractivity contribution in [1.82, 2.24) is 9.78 Å². The number of aromatic nitrogens is 2. The number of aryl methyl sites for hydroxylation is 2. The number of halogens is 2. The molecular weight excluding hydrogens is 326 g/mol. The molecule has 0 radical (unpaired) electrons. The first-order chi connectivity index (χ1) is 11.9. The van der Waals surface area contributed by atoms with Crippen LogP contribution in [0.4, 0.5) is 8.78 Å². The van der Waals surface area contributed by atoms with Crippen molar-refractivity contribution in [3.05, 3.63) is 82.7 Å². The molecule has 2 aromatic carbocycles. The number of esters is 1. The Hall–Kier alpha value is -3.02. The highest BCUT2D eigenvalue weighted by atomic mass is 19.1. The van der Waals surface area contributed by atoms with Crippen LogP contribution >= 0.6 is 0 Å². The second-order valence-corrected chi connectivity index (χ2v) is 5.71. The van der Waals surface area contributed by atoms with Gasteiger partial charge in [-0.15, -0.1) is 0 Å². The molecule has 0 amide bonds. The fraction of sp³-hybridized carbons (Fsp3) is 0.158. The van der Waals surface area contributed by atoms with Gasteiger partial charge in [0.2, 0.25) is 0 Å². The molecule has 6 heteroatoms. The predicted molar refractivity (Wildman–Crippen MR) is 88.5 cm³/mol. The highest BCUT2D eigenvalue weighted by Crippen LogP contribution is 2.15. The fourth-order valence-corrected chi connectivity index (χ4v) is 2.51. The van der Waals surface area contributed by atoms with E-state index in [9.17, 15) is 13.6 Å². The van der Waals surface area contributed by atoms with Gasteiger partial charge in [-0.2, -0.15) is 5.10 Å². The molecule has 0 aliphatic carbocycles. The number of hydrogen-bond donors (Lipinski definition) is 0. The van der Waals surface area contributed by atoms with Gasteiger partial charge in [0.15, 0.2) is 0 Å². The summed E-state index contributed by atoms with van der Waals surface area (Å²) in [6.45, 7) is 3.88. The maximum absolute atomic E-state index is 13.6. The number of nitrogens with zero attached hydrogens (tertiary/aromatic N) is 2. The molecule has 0 atom stereocenters. The quantitative estimate of drug-likeness (QED) is 0.670. The Kier molecular flexibility index (Phi) is 4.61. The summed E-state index contributed by atoms with van der Waals surface area (Å²) in [5, 5.41) is 4.40. The van der Waals surface area contributed by atoms with Gasteiger partial charge in [0.05, 0.1) is 16.9 Å². The molecule has 0 aliphatic heterocycles. The fourth-order valence-electron chi connectivity index (χ4n) is 2.51. The summed E-state index contributed by atoms with van der Waals surface area (Å²) in [5.74, 6) is -2.52. The van der Waals surface area contributed by atoms with Crippen LogP contribution < -0.4 is 0 Å². The lowest BCUT2D eigenvalue weighted by molar-refractivity contribution is 0.0467. The van der Waals surface area contributed by atoms with Crippen LogP contribution in [-0.4, -0.2) is 15.7 Å². The standard InChI is InChI=1S/C19H16F2N2O2/c1-12-9-13(2)23(22-12)16-6-3-14(4-7-16)11-25-19(24)17-8-5-15(20)10-18(17)21/h3-10H,11H2,1-2H3. The van der Waals surface area contributed by atoms with E-state index in [1.54, 1.807) is 12.1 Å². The zero-order valence-electron chi connectivity index (χ0n) is 13.8. The zero-order valence-corrected chi connectivity index (χ0v) is 13.8. The van der Waals surface area contributed by atoms with Gasteiger partial charge in [-0.25, -0.2) is 18.3 Å². The molecule has 0 saturated heterocycles. The lowest BCUT2D eigenvalue weighted by Crippen LogP contribution is -2.08. The van der Waals surface area contributed by atoms with E-state index in [0.717, 1.165) is 34.8 Å². The van der Waals surface area contributed by atoms with E-state index in [1.165, 1.54) is 0 Å². The number of carbonyl (C=O) groups excluding carboxylic acids is 1. The van der Waals surface area contributed by atoms with Crippen molar-refractivity contribution in [1.29, 1.82) is 0 Å². The Morgan fingerprint density at radius 1 is 1.08 bits per heavy atom. The van der Waals surface area contributed by atoms with Crippen molar-refractivity contribution in [2.24, 2.45) is 0 Å². The van der Waals surface area contributed by atoms with Crippen LogP contribution in [0.1, 0.15) is 27.3 Å². The SMILES string of the molecule is Cc1cc(C)n(-c2ccc(COC(=O)c3ccc(F)cc3F)cc2)n1. The lowest BCUT2D eigenvalue weighted by atomic mass is 10.2. The molecule has 4 nitrogen and oxygen atoms in total. The van der Waals surface area contributed by atoms with E-state index in [2.05, 4.69) is 5.10 Å². The van der Waals surface area contributed by atoms with Crippen LogP contribution in [-0.2, 0) is 11.3 Å². The van der Waals surface area contributed by atoms with Crippen LogP contribution in [0.25, 0.3) is 5.69 Å². The Bertz CT molecular complexity index is 918. The van der Waals surface area contributed by atoms with Gasteiger partial charge < -0.3 is 4.74 Å². The predicted octanol–water partition coefficient (Wildman–Crippen LogP) is 4.12. The van der Waals surface area contributed by atoms with Crippen LogP contribution in [0, 0.1) is 25.5 Å². The minimum atomic E-state index is -0.940. The highest BCUT2D eigenvalue weighted by molar-refractivity contribution is 5.89. The molecule has 0 N–H and O–H groups in total. The molecule has 25 heavy (non-hydrogen) atoms. The first-order valence-corrected chi connectivity index (χ1v) is 7.69. The third-order valence-electron chi connectivity index (χ3n) is 3.71. The maximum atomic E-state index is 13.6. The lowest BCUT2D eigenvalue weighted by Gasteiger charge is -2.08. The maximum Gasteiger partial charge on any atom is 0.341 e. The topological polar surface area (TPSA) is 44.1 Å². The van der Waals surface area contributed by atoms with E-state index >= 15 is 0 Å². The van der Waals surface area contributed by atoms with Crippen LogP contribution in [0.15, 0.2) is 48.5 Å². The number of rotatable bonds is 4. The van der Waals surface area contributed by atoms with Gasteiger partial charge >= 0.3 is 5.97 Å². The van der Waals surface area contributed by atoms with Crippen LogP contribution in [0.3, 0.4) is 0 Å². The first-order valence-electron chi connectivity index (χ1n) is 7.69. The zero-order chi connectivity index (χ0) is 18.0. The van der Waals surface area contributed by atoms with Crippen molar-refractivity contribution in [3.8, 4) is 5.69 Å². The van der Waals surface area contributed by atoms with Crippen LogP contribution in [0.2, 0.25) is 0 Å². The molecule has 0 aliphatic rings. The normalized spacial score (nSPS) is 10.7. The Morgan fingerprint density at radius 3 is 2.40 bits per heavy atom. The molecule has 0 unspecified atom stereocenters. The van der Waals surface area contributed by atoms with Crippen LogP contribution in [0.5, 0.6) is 0 Å². The first kappa shape index (κ1) is 16.8. The minimum absolute atomic E-state index is 0.00690. The largest absolute Gasteiger partial charge is 0.457 e. The van der Waals surface area contributed by atoms with E-state index in [0.29, 0.717) is 6.07 Å². The number of hydrogen-bond acceptors (Lipinski definition) is 3. The molecule has 0 saturated carbocycles. The third kappa shape index (κ3) is 3.74. The average molecular weight is 342 g/mol. The average Bonchev–Trinajstić information content (AvgIpc) is 2.91. The molecule has 128 valence electrons. The summed E-state index contributed by atoms with van der Waals surface area (Å²) in [6, 6.07) is 12.1. The summed E-state index contributed by atoms with van der Waals surface area (Å²) in [6.07, 6.45) is 0. The molecule has 3 aromatic rings. The smallest absolute Gasteiger partial charge is 0.341 e. The summed E-state index contributed by atoms with van der Waals surface area (Å²) < 4.78 is 33.3. The Balaban J connectivity index is 1.67. The second-order valence-electron chi connectivity index (χ2n) is 5.71. The van der Waals surface area contributed by atoms with Gasteiger partial charge in [-0.1, -0.05) is 12.1 Å². The molecular formula is C19H16F2N2O2. The Labute approximate surface area is 143 Å². The summed E-state index contributed by atoms with van der Waals surface area (Å²) in [5.41, 5.74) is 3.30. The number of benzene rings is 2. The Morgan fingerprint density at radius 2 is 1.80 bits per heavy atom. The van der Waals surface area contributed by atoms with E-state index in [1.807, 2.05) is 36.7 Å². The molecule has 0 bridgehead atoms. The van der Waals surface area contributed by atoms with Crippen molar-refractivity contribution >= 4 is 5.97 Å². The molecule has 0 fully saturated rings. The summed E-state index contributed by atoms with van der Waals surface area (Å²) in [4.78, 5) is 11.9. The number of carbonyl (C=O) groups is 1. The monoisotopic (exact) mass is 342 g/mol. The summed E-state index contributed by atoms with van der Waals surface area (Å²) >= 11 is 0. The minimum Gasteiger partial charge on any atom is -0.457 e. The van der Waals surface area contributed by atoms with Gasteiger partial charge in [-0.05, 0) is 49.7 Å². The van der Waals surface area contributed by atoms with Crippen molar-refractivity contribution in [2.75, 3.05) is 0 Å². The van der Waals surface area contributed by atoms with E-state index in [-0.39, 0.29) is 12.2 Å². The molecule has 1 heterocycles. The van der Waals surface area contributed by atoms with Gasteiger partial charge in [0.1, 0.15) is 18.2 Å². The summed E-state index contributed by atoms with van der Waals surface area (Å²) in [7, 11) is 0. The van der Waals surface area contributed by atoms with Gasteiger partial charge in [0, 0.05) is 11.8 Å². The number of ether oxygens (including phenoxy) is 1. The van der Waals surface area contributed by atoms with Gasteiger partial charge in [-0.3, -0.25) is 0 Å². The second kappa shape index (κ2) is 6.84. The molecule has 0 spiro atoms. The highest BCUT2D eigenvalue weighted by Gasteiger charge is 2.14. The van der Waals surface area contributed by atoms with Crippen molar-refractivity contribution < 1.29 is 18.3 Å². The van der Waals surface area contributed by atoms with Crippen molar-refractivity contribution in [2.45, 2.75) is 20.5 Å². The van der Waals surface area contributed by atoms with E-state index in [4.69, 9.17) is 4.74 Å². The third-order valence-corrected chi connectivity index (χ3v) is 3.71. The van der Waals surface area contributed by atoms with Gasteiger partial charge in [0.25, 0.3) is 0 Å². The molecule has 1 aromatic heterocycles. The van der Waals surface area contributed by atoms with Crippen molar-refractivity contribution in [3.63, 3.8) is 0 Å². The molecule has 3 rings (SSSR count). The van der Waals surface area contributed by atoms with E-state index < -0.39 is 17.6 Å².